The lowest BCUT2D eigenvalue weighted by Crippen LogP contribution is -2.31. The van der Waals surface area contributed by atoms with Crippen LogP contribution in [0.25, 0.3) is 0 Å². The molecule has 0 aliphatic heterocycles. The van der Waals surface area contributed by atoms with Gasteiger partial charge in [-0.1, -0.05) is 13.8 Å². The standard InChI is InChI=1S/C15H18F3N3/c1-9-5-10(2)7-12(6-9)20-14-11(8-19)3-4-13(21-14)15(16,17)18/h3-4,9-10,12H,5-7H2,1-2H3,(H,20,21). The Morgan fingerprint density at radius 1 is 1.19 bits per heavy atom. The van der Waals surface area contributed by atoms with Crippen molar-refractivity contribution >= 4 is 5.82 Å². The average molecular weight is 297 g/mol. The van der Waals surface area contributed by atoms with Gasteiger partial charge in [0, 0.05) is 6.04 Å². The number of halogens is 3. The monoisotopic (exact) mass is 297 g/mol. The summed E-state index contributed by atoms with van der Waals surface area (Å²) < 4.78 is 38.2. The molecule has 1 aliphatic rings. The van der Waals surface area contributed by atoms with Crippen molar-refractivity contribution < 1.29 is 13.2 Å². The SMILES string of the molecule is CC1CC(C)CC(Nc2nc(C(F)(F)F)ccc2C#N)C1. The van der Waals surface area contributed by atoms with Crippen molar-refractivity contribution in [3.63, 3.8) is 0 Å². The maximum Gasteiger partial charge on any atom is 0.433 e. The van der Waals surface area contributed by atoms with Crippen LogP contribution in [-0.4, -0.2) is 11.0 Å². The Morgan fingerprint density at radius 3 is 2.33 bits per heavy atom. The summed E-state index contributed by atoms with van der Waals surface area (Å²) in [6, 6.07) is 3.97. The summed E-state index contributed by atoms with van der Waals surface area (Å²) in [6.07, 6.45) is -1.61. The molecule has 0 saturated heterocycles. The van der Waals surface area contributed by atoms with Crippen LogP contribution in [0.15, 0.2) is 12.1 Å². The number of nitriles is 1. The van der Waals surface area contributed by atoms with Gasteiger partial charge in [0.15, 0.2) is 0 Å². The van der Waals surface area contributed by atoms with Crippen LogP contribution in [0.2, 0.25) is 0 Å². The summed E-state index contributed by atoms with van der Waals surface area (Å²) >= 11 is 0. The Bertz CT molecular complexity index is 538. The topological polar surface area (TPSA) is 48.7 Å². The summed E-state index contributed by atoms with van der Waals surface area (Å²) in [5, 5.41) is 12.1. The number of anilines is 1. The first-order valence-corrected chi connectivity index (χ1v) is 7.04. The predicted octanol–water partition coefficient (Wildman–Crippen LogP) is 4.21. The lowest BCUT2D eigenvalue weighted by molar-refractivity contribution is -0.141. The van der Waals surface area contributed by atoms with Crippen molar-refractivity contribution in [2.24, 2.45) is 11.8 Å². The molecule has 2 atom stereocenters. The summed E-state index contributed by atoms with van der Waals surface area (Å²) in [7, 11) is 0. The lowest BCUT2D eigenvalue weighted by Gasteiger charge is -2.32. The second kappa shape index (κ2) is 5.92. The third kappa shape index (κ3) is 3.87. The summed E-state index contributed by atoms with van der Waals surface area (Å²) in [6.45, 7) is 4.27. The van der Waals surface area contributed by atoms with E-state index in [4.69, 9.17) is 5.26 Å². The van der Waals surface area contributed by atoms with Gasteiger partial charge in [0.05, 0.1) is 5.56 Å². The summed E-state index contributed by atoms with van der Waals surface area (Å²) in [5.74, 6) is 1.07. The fraction of sp³-hybridized carbons (Fsp3) is 0.600. The van der Waals surface area contributed by atoms with E-state index in [2.05, 4.69) is 24.1 Å². The number of alkyl halides is 3. The second-order valence-electron chi connectivity index (χ2n) is 5.96. The molecule has 2 rings (SSSR count). The Kier molecular flexibility index (Phi) is 4.40. The van der Waals surface area contributed by atoms with Gasteiger partial charge in [-0.2, -0.15) is 18.4 Å². The van der Waals surface area contributed by atoms with Gasteiger partial charge in [-0.3, -0.25) is 0 Å². The van der Waals surface area contributed by atoms with Gasteiger partial charge in [-0.25, -0.2) is 4.98 Å². The van der Waals surface area contributed by atoms with E-state index in [-0.39, 0.29) is 17.4 Å². The zero-order valence-corrected chi connectivity index (χ0v) is 12.0. The smallest absolute Gasteiger partial charge is 0.366 e. The molecule has 0 aromatic carbocycles. The molecule has 6 heteroatoms. The van der Waals surface area contributed by atoms with Gasteiger partial charge >= 0.3 is 6.18 Å². The van der Waals surface area contributed by atoms with Crippen molar-refractivity contribution in [3.8, 4) is 6.07 Å². The van der Waals surface area contributed by atoms with E-state index >= 15 is 0 Å². The molecule has 21 heavy (non-hydrogen) atoms. The molecule has 1 aromatic heterocycles. The van der Waals surface area contributed by atoms with E-state index in [0.29, 0.717) is 11.8 Å². The van der Waals surface area contributed by atoms with E-state index in [9.17, 15) is 13.2 Å². The second-order valence-corrected chi connectivity index (χ2v) is 5.96. The van der Waals surface area contributed by atoms with Crippen LogP contribution >= 0.6 is 0 Å². The van der Waals surface area contributed by atoms with Crippen molar-refractivity contribution in [2.45, 2.75) is 45.3 Å². The normalized spacial score (nSPS) is 26.2. The Labute approximate surface area is 122 Å². The molecule has 1 saturated carbocycles. The Balaban J connectivity index is 2.24. The first-order chi connectivity index (χ1) is 9.79. The molecule has 0 amide bonds. The van der Waals surface area contributed by atoms with Crippen LogP contribution in [0.1, 0.15) is 44.4 Å². The van der Waals surface area contributed by atoms with E-state index in [1.807, 2.05) is 6.07 Å². The molecule has 2 unspecified atom stereocenters. The lowest BCUT2D eigenvalue weighted by atomic mass is 9.80. The maximum absolute atomic E-state index is 12.7. The number of nitrogens with one attached hydrogen (secondary N) is 1. The fourth-order valence-electron chi connectivity index (χ4n) is 3.08. The number of aromatic nitrogens is 1. The summed E-state index contributed by atoms with van der Waals surface area (Å²) in [4.78, 5) is 3.60. The van der Waals surface area contributed by atoms with Crippen LogP contribution in [0, 0.1) is 23.2 Å². The van der Waals surface area contributed by atoms with Crippen molar-refractivity contribution in [1.29, 1.82) is 5.26 Å². The van der Waals surface area contributed by atoms with Gasteiger partial charge < -0.3 is 5.32 Å². The molecular weight excluding hydrogens is 279 g/mol. The van der Waals surface area contributed by atoms with Gasteiger partial charge in [0.25, 0.3) is 0 Å². The largest absolute Gasteiger partial charge is 0.433 e. The van der Waals surface area contributed by atoms with Crippen LogP contribution in [0.5, 0.6) is 0 Å². The number of rotatable bonds is 2. The number of hydrogen-bond acceptors (Lipinski definition) is 3. The maximum atomic E-state index is 12.7. The highest BCUT2D eigenvalue weighted by atomic mass is 19.4. The highest BCUT2D eigenvalue weighted by Crippen LogP contribution is 2.32. The average Bonchev–Trinajstić information content (AvgIpc) is 2.36. The van der Waals surface area contributed by atoms with Crippen molar-refractivity contribution in [3.05, 3.63) is 23.4 Å². The van der Waals surface area contributed by atoms with Gasteiger partial charge in [-0.05, 0) is 43.2 Å². The van der Waals surface area contributed by atoms with Crippen LogP contribution in [-0.2, 0) is 6.18 Å². The zero-order valence-electron chi connectivity index (χ0n) is 12.0. The minimum atomic E-state index is -4.50. The van der Waals surface area contributed by atoms with E-state index < -0.39 is 11.9 Å². The third-order valence-electron chi connectivity index (χ3n) is 3.83. The summed E-state index contributed by atoms with van der Waals surface area (Å²) in [5.41, 5.74) is -0.824. The first kappa shape index (κ1) is 15.6. The number of nitrogens with zero attached hydrogens (tertiary/aromatic N) is 2. The van der Waals surface area contributed by atoms with E-state index in [0.717, 1.165) is 25.3 Å². The van der Waals surface area contributed by atoms with Gasteiger partial charge in [0.1, 0.15) is 17.6 Å². The molecule has 1 aliphatic carbocycles. The highest BCUT2D eigenvalue weighted by molar-refractivity contribution is 5.53. The molecule has 0 bridgehead atoms. The van der Waals surface area contributed by atoms with Crippen LogP contribution in [0.3, 0.4) is 0 Å². The zero-order chi connectivity index (χ0) is 15.6. The van der Waals surface area contributed by atoms with E-state index in [1.165, 1.54) is 6.07 Å². The first-order valence-electron chi connectivity index (χ1n) is 7.04. The fourth-order valence-corrected chi connectivity index (χ4v) is 3.08. The van der Waals surface area contributed by atoms with Crippen molar-refractivity contribution in [1.82, 2.24) is 4.98 Å². The quantitative estimate of drug-likeness (QED) is 0.889. The molecule has 0 radical (unpaired) electrons. The minimum Gasteiger partial charge on any atom is -0.366 e. The number of pyridine rings is 1. The van der Waals surface area contributed by atoms with Crippen LogP contribution in [0.4, 0.5) is 19.0 Å². The molecular formula is C15H18F3N3. The van der Waals surface area contributed by atoms with Crippen molar-refractivity contribution in [2.75, 3.05) is 5.32 Å². The molecule has 0 spiro atoms. The molecule has 1 N–H and O–H groups in total. The molecule has 1 heterocycles. The minimum absolute atomic E-state index is 0.0404. The van der Waals surface area contributed by atoms with E-state index in [1.54, 1.807) is 0 Å². The highest BCUT2D eigenvalue weighted by Gasteiger charge is 2.33. The Hall–Kier alpha value is -1.77. The third-order valence-corrected chi connectivity index (χ3v) is 3.83. The van der Waals surface area contributed by atoms with Gasteiger partial charge in [0.2, 0.25) is 0 Å². The van der Waals surface area contributed by atoms with Crippen LogP contribution < -0.4 is 5.32 Å². The Morgan fingerprint density at radius 2 is 1.81 bits per heavy atom. The molecule has 1 aromatic rings. The molecule has 3 nitrogen and oxygen atoms in total. The number of hydrogen-bond donors (Lipinski definition) is 1. The van der Waals surface area contributed by atoms with Gasteiger partial charge in [-0.15, -0.1) is 0 Å². The molecule has 114 valence electrons. The molecule has 1 fully saturated rings. The predicted molar refractivity (Wildman–Crippen MR) is 73.5 cm³/mol.